The predicted molar refractivity (Wildman–Crippen MR) is 106 cm³/mol. The van der Waals surface area contributed by atoms with Gasteiger partial charge in [-0.3, -0.25) is 0 Å². The molecule has 2 heterocycles. The molecular formula is C19H18ClN3O2S. The van der Waals surface area contributed by atoms with E-state index in [1.165, 1.54) is 11.3 Å². The molecule has 3 aromatic rings. The zero-order chi connectivity index (χ0) is 18.1. The van der Waals surface area contributed by atoms with E-state index in [2.05, 4.69) is 10.1 Å². The highest BCUT2D eigenvalue weighted by molar-refractivity contribution is 7.22. The maximum atomic E-state index is 11.5. The van der Waals surface area contributed by atoms with Gasteiger partial charge in [0.05, 0.1) is 10.2 Å². The number of benzene rings is 2. The summed E-state index contributed by atoms with van der Waals surface area (Å²) in [6, 6.07) is 15.0. The lowest BCUT2D eigenvalue weighted by Gasteiger charge is -2.31. The van der Waals surface area contributed by atoms with Crippen LogP contribution in [-0.2, 0) is 5.72 Å². The Kier molecular flexibility index (Phi) is 4.67. The van der Waals surface area contributed by atoms with Crippen molar-refractivity contribution in [1.29, 1.82) is 0 Å². The third-order valence-corrected chi connectivity index (χ3v) is 5.70. The first kappa shape index (κ1) is 17.4. The number of halogens is 1. The van der Waals surface area contributed by atoms with Gasteiger partial charge in [-0.15, -0.1) is 0 Å². The van der Waals surface area contributed by atoms with Gasteiger partial charge in [-0.1, -0.05) is 47.2 Å². The summed E-state index contributed by atoms with van der Waals surface area (Å²) in [5, 5.41) is 28.2. The van der Waals surface area contributed by atoms with Gasteiger partial charge in [-0.05, 0) is 37.1 Å². The van der Waals surface area contributed by atoms with Crippen LogP contribution >= 0.6 is 22.9 Å². The van der Waals surface area contributed by atoms with Crippen molar-refractivity contribution < 1.29 is 10.2 Å². The van der Waals surface area contributed by atoms with E-state index in [9.17, 15) is 5.11 Å². The van der Waals surface area contributed by atoms with Gasteiger partial charge in [0.1, 0.15) is 0 Å². The molecule has 0 saturated heterocycles. The number of anilines is 1. The van der Waals surface area contributed by atoms with Crippen molar-refractivity contribution in [2.24, 2.45) is 5.10 Å². The largest absolute Gasteiger partial charge is 0.396 e. The first-order valence-corrected chi connectivity index (χ1v) is 9.61. The summed E-state index contributed by atoms with van der Waals surface area (Å²) >= 11 is 7.50. The van der Waals surface area contributed by atoms with Crippen LogP contribution in [0.2, 0.25) is 5.02 Å². The van der Waals surface area contributed by atoms with Crippen LogP contribution in [0.4, 0.5) is 5.13 Å². The summed E-state index contributed by atoms with van der Waals surface area (Å²) in [6.45, 7) is 0.0968. The number of fused-ring (bicyclic) bond motifs is 1. The second-order valence-corrected chi connectivity index (χ2v) is 7.72. The molecule has 0 spiro atoms. The number of nitrogens with zero attached hydrogens (tertiary/aromatic N) is 3. The van der Waals surface area contributed by atoms with Crippen LogP contribution in [0.15, 0.2) is 53.6 Å². The van der Waals surface area contributed by atoms with Gasteiger partial charge >= 0.3 is 0 Å². The Labute approximate surface area is 160 Å². The lowest BCUT2D eigenvalue weighted by molar-refractivity contribution is 0.0491. The maximum absolute atomic E-state index is 11.5. The monoisotopic (exact) mass is 387 g/mol. The standard InChI is InChI=1S/C19H18ClN3O2S/c20-14-9-7-13(8-10-14)19(25)12-15(4-3-11-24)22-23(19)18-21-16-5-1-2-6-17(16)26-18/h1-2,5-10,24-25H,3-4,11-12H2. The van der Waals surface area contributed by atoms with Crippen molar-refractivity contribution in [3.8, 4) is 0 Å². The molecule has 0 aliphatic carbocycles. The number of thiazole rings is 1. The highest BCUT2D eigenvalue weighted by atomic mass is 35.5. The third kappa shape index (κ3) is 3.10. The fourth-order valence-corrected chi connectivity index (χ4v) is 4.24. The molecule has 5 nitrogen and oxygen atoms in total. The minimum atomic E-state index is -1.32. The first-order valence-electron chi connectivity index (χ1n) is 8.41. The van der Waals surface area contributed by atoms with E-state index in [0.29, 0.717) is 35.0 Å². The lowest BCUT2D eigenvalue weighted by Crippen LogP contribution is -2.40. The van der Waals surface area contributed by atoms with Gasteiger partial charge in [0.15, 0.2) is 5.72 Å². The van der Waals surface area contributed by atoms with E-state index in [0.717, 1.165) is 15.9 Å². The van der Waals surface area contributed by atoms with Crippen LogP contribution in [0.3, 0.4) is 0 Å². The normalized spacial score (nSPS) is 20.0. The van der Waals surface area contributed by atoms with Crippen molar-refractivity contribution >= 4 is 44.0 Å². The molecule has 0 amide bonds. The summed E-state index contributed by atoms with van der Waals surface area (Å²) in [7, 11) is 0. The van der Waals surface area contributed by atoms with Gasteiger partial charge in [-0.2, -0.15) is 5.10 Å². The molecule has 4 rings (SSSR count). The molecule has 1 aliphatic heterocycles. The predicted octanol–water partition coefficient (Wildman–Crippen LogP) is 4.13. The number of para-hydroxylation sites is 1. The number of rotatable bonds is 5. The average Bonchev–Trinajstić information content (AvgIpc) is 3.21. The fourth-order valence-electron chi connectivity index (χ4n) is 3.13. The molecule has 0 bridgehead atoms. The van der Waals surface area contributed by atoms with E-state index in [1.54, 1.807) is 17.1 Å². The summed E-state index contributed by atoms with van der Waals surface area (Å²) in [4.78, 5) is 4.65. The smallest absolute Gasteiger partial charge is 0.210 e. The van der Waals surface area contributed by atoms with E-state index in [-0.39, 0.29) is 6.61 Å². The minimum Gasteiger partial charge on any atom is -0.396 e. The number of hydrogen-bond donors (Lipinski definition) is 2. The second kappa shape index (κ2) is 6.96. The van der Waals surface area contributed by atoms with Crippen molar-refractivity contribution in [3.63, 3.8) is 0 Å². The number of hydrazone groups is 1. The summed E-state index contributed by atoms with van der Waals surface area (Å²) < 4.78 is 1.04. The van der Waals surface area contributed by atoms with Gasteiger partial charge < -0.3 is 10.2 Å². The first-order chi connectivity index (χ1) is 12.6. The van der Waals surface area contributed by atoms with Crippen molar-refractivity contribution in [1.82, 2.24) is 4.98 Å². The Balaban J connectivity index is 1.77. The molecular weight excluding hydrogens is 370 g/mol. The van der Waals surface area contributed by atoms with Crippen molar-refractivity contribution in [2.75, 3.05) is 11.6 Å². The highest BCUT2D eigenvalue weighted by Gasteiger charge is 2.44. The van der Waals surface area contributed by atoms with Crippen LogP contribution in [-0.4, -0.2) is 27.5 Å². The fraction of sp³-hybridized carbons (Fsp3) is 0.263. The molecule has 1 atom stereocenters. The minimum absolute atomic E-state index is 0.0968. The highest BCUT2D eigenvalue weighted by Crippen LogP contribution is 2.42. The number of aliphatic hydroxyl groups excluding tert-OH is 1. The maximum Gasteiger partial charge on any atom is 0.210 e. The molecule has 1 unspecified atom stereocenters. The second-order valence-electron chi connectivity index (χ2n) is 6.27. The Morgan fingerprint density at radius 3 is 2.65 bits per heavy atom. The molecule has 0 saturated carbocycles. The molecule has 1 aromatic heterocycles. The zero-order valence-corrected chi connectivity index (χ0v) is 15.5. The molecule has 0 radical (unpaired) electrons. The van der Waals surface area contributed by atoms with E-state index < -0.39 is 5.72 Å². The van der Waals surface area contributed by atoms with E-state index in [4.69, 9.17) is 16.7 Å². The molecule has 2 N–H and O–H groups in total. The quantitative estimate of drug-likeness (QED) is 0.690. The SMILES string of the molecule is OCCCC1=NN(c2nc3ccccc3s2)C(O)(c2ccc(Cl)cc2)C1. The number of aromatic nitrogens is 1. The zero-order valence-electron chi connectivity index (χ0n) is 14.0. The van der Waals surface area contributed by atoms with Gasteiger partial charge in [-0.25, -0.2) is 9.99 Å². The topological polar surface area (TPSA) is 69.0 Å². The van der Waals surface area contributed by atoms with Crippen LogP contribution in [0.5, 0.6) is 0 Å². The molecule has 0 fully saturated rings. The Morgan fingerprint density at radius 2 is 1.92 bits per heavy atom. The van der Waals surface area contributed by atoms with E-state index in [1.807, 2.05) is 36.4 Å². The molecule has 1 aliphatic rings. The number of hydrogen-bond acceptors (Lipinski definition) is 6. The van der Waals surface area contributed by atoms with Crippen molar-refractivity contribution in [2.45, 2.75) is 25.0 Å². The van der Waals surface area contributed by atoms with Gasteiger partial charge in [0.25, 0.3) is 0 Å². The lowest BCUT2D eigenvalue weighted by atomic mass is 9.96. The van der Waals surface area contributed by atoms with Crippen LogP contribution in [0.1, 0.15) is 24.8 Å². The number of aliphatic hydroxyl groups is 2. The van der Waals surface area contributed by atoms with Crippen LogP contribution < -0.4 is 5.01 Å². The molecule has 7 heteroatoms. The Hall–Kier alpha value is -1.99. The van der Waals surface area contributed by atoms with Gasteiger partial charge in [0.2, 0.25) is 5.13 Å². The third-order valence-electron chi connectivity index (χ3n) is 4.44. The molecule has 2 aromatic carbocycles. The average molecular weight is 388 g/mol. The Morgan fingerprint density at radius 1 is 1.15 bits per heavy atom. The molecule has 134 valence electrons. The Bertz CT molecular complexity index is 924. The van der Waals surface area contributed by atoms with Crippen LogP contribution in [0, 0.1) is 0 Å². The summed E-state index contributed by atoms with van der Waals surface area (Å²) in [6.07, 6.45) is 1.61. The summed E-state index contributed by atoms with van der Waals surface area (Å²) in [5.41, 5.74) is 1.12. The van der Waals surface area contributed by atoms with Crippen LogP contribution in [0.25, 0.3) is 10.2 Å². The van der Waals surface area contributed by atoms with Crippen molar-refractivity contribution in [3.05, 3.63) is 59.1 Å². The summed E-state index contributed by atoms with van der Waals surface area (Å²) in [5.74, 6) is 0. The van der Waals surface area contributed by atoms with E-state index >= 15 is 0 Å². The van der Waals surface area contributed by atoms with Gasteiger partial charge in [0, 0.05) is 29.3 Å². The molecule has 26 heavy (non-hydrogen) atoms.